The summed E-state index contributed by atoms with van der Waals surface area (Å²) in [5.41, 5.74) is -0.00512. The quantitative estimate of drug-likeness (QED) is 0.481. The molecular formula is C13H10ClO5S-. The zero-order chi connectivity index (χ0) is 14.9. The van der Waals surface area contributed by atoms with Crippen LogP contribution in [0.3, 0.4) is 0 Å². The molecule has 1 aromatic rings. The minimum Gasteiger partial charge on any atom is -0.768 e. The van der Waals surface area contributed by atoms with Crippen molar-refractivity contribution in [2.75, 3.05) is 0 Å². The molecule has 0 aliphatic heterocycles. The number of halogens is 1. The first-order valence-corrected chi connectivity index (χ1v) is 7.35. The van der Waals surface area contributed by atoms with E-state index in [1.807, 2.05) is 0 Å². The summed E-state index contributed by atoms with van der Waals surface area (Å²) in [6.45, 7) is 0. The summed E-state index contributed by atoms with van der Waals surface area (Å²) in [7, 11) is 0. The fourth-order valence-corrected chi connectivity index (χ4v) is 2.88. The Labute approximate surface area is 122 Å². The fourth-order valence-electron chi connectivity index (χ4n) is 2.15. The SMILES string of the molecule is O=C1CCCC(=O)C1C(=O)c1ccc(S(=O)[O-])cc1Cl. The Morgan fingerprint density at radius 2 is 1.85 bits per heavy atom. The van der Waals surface area contributed by atoms with Gasteiger partial charge in [-0.2, -0.15) is 0 Å². The molecule has 1 aliphatic carbocycles. The highest BCUT2D eigenvalue weighted by atomic mass is 35.5. The molecule has 1 atom stereocenters. The molecule has 0 heterocycles. The van der Waals surface area contributed by atoms with Crippen LogP contribution < -0.4 is 0 Å². The van der Waals surface area contributed by atoms with E-state index in [0.717, 1.165) is 6.07 Å². The third kappa shape index (κ3) is 2.87. The van der Waals surface area contributed by atoms with E-state index in [9.17, 15) is 23.1 Å². The van der Waals surface area contributed by atoms with Crippen molar-refractivity contribution in [1.29, 1.82) is 0 Å². The van der Waals surface area contributed by atoms with Crippen LogP contribution in [0.2, 0.25) is 5.02 Å². The van der Waals surface area contributed by atoms with Gasteiger partial charge >= 0.3 is 0 Å². The molecular weight excluding hydrogens is 304 g/mol. The van der Waals surface area contributed by atoms with E-state index >= 15 is 0 Å². The standard InChI is InChI=1S/C13H11ClO5S/c14-9-6-7(20(18)19)4-5-8(9)13(17)12-10(15)2-1-3-11(12)16/h4-6,12H,1-3H2,(H,18,19)/p-1. The highest BCUT2D eigenvalue weighted by Crippen LogP contribution is 2.26. The molecule has 0 spiro atoms. The van der Waals surface area contributed by atoms with Crippen molar-refractivity contribution >= 4 is 40.0 Å². The average Bonchev–Trinajstić information content (AvgIpc) is 2.38. The maximum absolute atomic E-state index is 12.2. The van der Waals surface area contributed by atoms with Gasteiger partial charge in [0, 0.05) is 23.3 Å². The molecule has 20 heavy (non-hydrogen) atoms. The van der Waals surface area contributed by atoms with Crippen molar-refractivity contribution in [3.8, 4) is 0 Å². The molecule has 0 bridgehead atoms. The summed E-state index contributed by atoms with van der Waals surface area (Å²) in [6.07, 6.45) is 0.855. The Bertz CT molecular complexity index is 609. The van der Waals surface area contributed by atoms with Crippen molar-refractivity contribution < 1.29 is 23.1 Å². The first-order chi connectivity index (χ1) is 9.41. The molecule has 0 radical (unpaired) electrons. The largest absolute Gasteiger partial charge is 0.768 e. The van der Waals surface area contributed by atoms with Gasteiger partial charge in [-0.05, 0) is 35.7 Å². The predicted molar refractivity (Wildman–Crippen MR) is 70.3 cm³/mol. The molecule has 0 N–H and O–H groups in total. The zero-order valence-corrected chi connectivity index (χ0v) is 11.8. The fraction of sp³-hybridized carbons (Fsp3) is 0.308. The van der Waals surface area contributed by atoms with Crippen LogP contribution in [-0.4, -0.2) is 26.1 Å². The van der Waals surface area contributed by atoms with Crippen LogP contribution in [0.1, 0.15) is 29.6 Å². The number of hydrogen-bond acceptors (Lipinski definition) is 5. The lowest BCUT2D eigenvalue weighted by molar-refractivity contribution is -0.133. The van der Waals surface area contributed by atoms with Gasteiger partial charge in [-0.25, -0.2) is 0 Å². The summed E-state index contributed by atoms with van der Waals surface area (Å²) in [5, 5.41) is -0.0807. The van der Waals surface area contributed by atoms with Gasteiger partial charge in [0.05, 0.1) is 5.02 Å². The normalized spacial score (nSPS) is 18.1. The third-order valence-electron chi connectivity index (χ3n) is 3.15. The van der Waals surface area contributed by atoms with Crippen molar-refractivity contribution in [1.82, 2.24) is 0 Å². The lowest BCUT2D eigenvalue weighted by Gasteiger charge is -2.19. The number of benzene rings is 1. The van der Waals surface area contributed by atoms with Crippen LogP contribution in [0.25, 0.3) is 0 Å². The van der Waals surface area contributed by atoms with Gasteiger partial charge in [0.1, 0.15) is 5.92 Å². The van der Waals surface area contributed by atoms with Crippen LogP contribution in [0.5, 0.6) is 0 Å². The Morgan fingerprint density at radius 1 is 1.25 bits per heavy atom. The number of carbonyl (C=O) groups is 3. The molecule has 1 aliphatic rings. The van der Waals surface area contributed by atoms with Crippen LogP contribution >= 0.6 is 11.6 Å². The van der Waals surface area contributed by atoms with Gasteiger partial charge in [-0.1, -0.05) is 11.6 Å². The lowest BCUT2D eigenvalue weighted by atomic mass is 9.82. The van der Waals surface area contributed by atoms with Crippen LogP contribution in [-0.2, 0) is 20.7 Å². The molecule has 0 saturated heterocycles. The minimum atomic E-state index is -2.46. The monoisotopic (exact) mass is 313 g/mol. The second kappa shape index (κ2) is 5.95. The molecule has 5 nitrogen and oxygen atoms in total. The highest BCUT2D eigenvalue weighted by Gasteiger charge is 2.37. The maximum Gasteiger partial charge on any atom is 0.182 e. The molecule has 1 saturated carbocycles. The van der Waals surface area contributed by atoms with E-state index in [-0.39, 0.29) is 28.3 Å². The van der Waals surface area contributed by atoms with Crippen LogP contribution in [0, 0.1) is 5.92 Å². The number of Topliss-reactive ketones (excluding diaryl/α,β-unsaturated/α-hetero) is 3. The Kier molecular flexibility index (Phi) is 4.47. The van der Waals surface area contributed by atoms with Crippen molar-refractivity contribution in [3.05, 3.63) is 28.8 Å². The maximum atomic E-state index is 12.2. The summed E-state index contributed by atoms with van der Waals surface area (Å²) < 4.78 is 21.6. The van der Waals surface area contributed by atoms with Gasteiger partial charge < -0.3 is 4.55 Å². The number of hydrogen-bond donors (Lipinski definition) is 0. The highest BCUT2D eigenvalue weighted by molar-refractivity contribution is 7.79. The van der Waals surface area contributed by atoms with E-state index in [0.29, 0.717) is 6.42 Å². The van der Waals surface area contributed by atoms with Crippen LogP contribution in [0.15, 0.2) is 23.1 Å². The third-order valence-corrected chi connectivity index (χ3v) is 4.10. The Hall–Kier alpha value is -1.37. The Balaban J connectivity index is 2.36. The average molecular weight is 314 g/mol. The minimum absolute atomic E-state index is 0.00512. The smallest absolute Gasteiger partial charge is 0.182 e. The van der Waals surface area contributed by atoms with Crippen molar-refractivity contribution in [3.63, 3.8) is 0 Å². The first kappa shape index (κ1) is 15.0. The molecule has 0 amide bonds. The summed E-state index contributed by atoms with van der Waals surface area (Å²) in [6, 6.07) is 3.56. The number of ketones is 3. The van der Waals surface area contributed by atoms with Gasteiger partial charge in [-0.3, -0.25) is 18.6 Å². The zero-order valence-electron chi connectivity index (χ0n) is 10.3. The number of carbonyl (C=O) groups excluding carboxylic acids is 3. The van der Waals surface area contributed by atoms with Gasteiger partial charge in [-0.15, -0.1) is 0 Å². The van der Waals surface area contributed by atoms with Crippen LogP contribution in [0.4, 0.5) is 0 Å². The molecule has 7 heteroatoms. The van der Waals surface area contributed by atoms with E-state index in [4.69, 9.17) is 11.6 Å². The molecule has 0 aromatic heterocycles. The van der Waals surface area contributed by atoms with E-state index < -0.39 is 34.3 Å². The predicted octanol–water partition coefficient (Wildman–Crippen LogP) is 1.70. The van der Waals surface area contributed by atoms with Gasteiger partial charge in [0.15, 0.2) is 17.3 Å². The first-order valence-electron chi connectivity index (χ1n) is 5.90. The van der Waals surface area contributed by atoms with Gasteiger partial charge in [0.2, 0.25) is 0 Å². The van der Waals surface area contributed by atoms with Crippen molar-refractivity contribution in [2.24, 2.45) is 5.92 Å². The topological polar surface area (TPSA) is 91.3 Å². The second-order valence-corrected chi connectivity index (χ2v) is 5.81. The molecule has 1 fully saturated rings. The summed E-state index contributed by atoms with van der Waals surface area (Å²) in [4.78, 5) is 35.6. The molecule has 2 rings (SSSR count). The van der Waals surface area contributed by atoms with E-state index in [2.05, 4.69) is 0 Å². The molecule has 106 valence electrons. The van der Waals surface area contributed by atoms with E-state index in [1.165, 1.54) is 12.1 Å². The summed E-state index contributed by atoms with van der Waals surface area (Å²) >= 11 is 3.41. The molecule has 1 aromatic carbocycles. The number of rotatable bonds is 3. The second-order valence-electron chi connectivity index (χ2n) is 4.46. The van der Waals surface area contributed by atoms with Gasteiger partial charge in [0.25, 0.3) is 0 Å². The molecule has 1 unspecified atom stereocenters. The van der Waals surface area contributed by atoms with Crippen molar-refractivity contribution in [2.45, 2.75) is 24.2 Å². The Morgan fingerprint density at radius 3 is 2.35 bits per heavy atom. The summed E-state index contributed by atoms with van der Waals surface area (Å²) in [5.74, 6) is -2.77. The van der Waals surface area contributed by atoms with E-state index in [1.54, 1.807) is 0 Å². The lowest BCUT2D eigenvalue weighted by Crippen LogP contribution is -2.35.